The van der Waals surface area contributed by atoms with E-state index >= 15 is 0 Å². The molecule has 4 rings (SSSR count). The number of hydrogen-bond acceptors (Lipinski definition) is 4. The number of nitrogens with one attached hydrogen (secondary N) is 3. The van der Waals surface area contributed by atoms with Crippen LogP contribution < -0.4 is 15.5 Å². The van der Waals surface area contributed by atoms with Gasteiger partial charge in [-0.05, 0) is 36.8 Å². The standard InChI is InChI=1S/C18H17N5O3/c1-11-4-5-12(23-7-6-19-18(23)25)9-13(11)20-17(24)15-10-14(21-22-15)16-3-2-8-26-16/h2-5,8-10H,6-7H2,1H3,(H,19,25)(H,20,24)(H,21,22). The third kappa shape index (κ3) is 2.92. The number of nitrogens with zero attached hydrogens (tertiary/aromatic N) is 2. The summed E-state index contributed by atoms with van der Waals surface area (Å²) >= 11 is 0. The third-order valence-corrected chi connectivity index (χ3v) is 4.23. The number of amides is 3. The first kappa shape index (κ1) is 15.9. The van der Waals surface area contributed by atoms with Crippen LogP contribution in [0.2, 0.25) is 0 Å². The number of rotatable bonds is 4. The molecule has 3 N–H and O–H groups in total. The maximum atomic E-state index is 12.5. The molecule has 0 bridgehead atoms. The molecule has 8 nitrogen and oxygen atoms in total. The average Bonchev–Trinajstić information content (AvgIpc) is 3.37. The van der Waals surface area contributed by atoms with Crippen LogP contribution in [0.25, 0.3) is 11.5 Å². The molecular weight excluding hydrogens is 334 g/mol. The molecule has 1 aromatic carbocycles. The summed E-state index contributed by atoms with van der Waals surface area (Å²) in [5.74, 6) is 0.264. The lowest BCUT2D eigenvalue weighted by Gasteiger charge is -2.16. The van der Waals surface area contributed by atoms with E-state index in [1.54, 1.807) is 35.4 Å². The minimum atomic E-state index is -0.342. The fraction of sp³-hybridized carbons (Fsp3) is 0.167. The van der Waals surface area contributed by atoms with Crippen LogP contribution in [0.4, 0.5) is 16.2 Å². The van der Waals surface area contributed by atoms with Crippen molar-refractivity contribution in [3.63, 3.8) is 0 Å². The Balaban J connectivity index is 1.55. The van der Waals surface area contributed by atoms with Crippen molar-refractivity contribution in [2.45, 2.75) is 6.92 Å². The van der Waals surface area contributed by atoms with Gasteiger partial charge in [0.25, 0.3) is 5.91 Å². The second kappa shape index (κ2) is 6.40. The van der Waals surface area contributed by atoms with Crippen molar-refractivity contribution >= 4 is 23.3 Å². The number of aromatic amines is 1. The topological polar surface area (TPSA) is 103 Å². The summed E-state index contributed by atoms with van der Waals surface area (Å²) in [4.78, 5) is 26.0. The fourth-order valence-corrected chi connectivity index (χ4v) is 2.81. The van der Waals surface area contributed by atoms with Crippen LogP contribution in [0.1, 0.15) is 16.1 Å². The molecule has 3 heterocycles. The molecule has 8 heteroatoms. The van der Waals surface area contributed by atoms with E-state index in [4.69, 9.17) is 4.42 Å². The van der Waals surface area contributed by atoms with Crippen LogP contribution in [0.5, 0.6) is 0 Å². The number of carbonyl (C=O) groups excluding carboxylic acids is 2. The van der Waals surface area contributed by atoms with Crippen LogP contribution >= 0.6 is 0 Å². The Kier molecular flexibility index (Phi) is 3.92. The van der Waals surface area contributed by atoms with E-state index in [0.29, 0.717) is 30.2 Å². The van der Waals surface area contributed by atoms with Gasteiger partial charge < -0.3 is 15.1 Å². The van der Waals surface area contributed by atoms with Crippen molar-refractivity contribution in [2.24, 2.45) is 0 Å². The van der Waals surface area contributed by atoms with Crippen molar-refractivity contribution in [3.8, 4) is 11.5 Å². The number of H-pyrrole nitrogens is 1. The van der Waals surface area contributed by atoms with Gasteiger partial charge in [0.05, 0.1) is 6.26 Å². The molecule has 0 spiro atoms. The quantitative estimate of drug-likeness (QED) is 0.672. The molecule has 3 amide bonds. The van der Waals surface area contributed by atoms with E-state index in [2.05, 4.69) is 20.8 Å². The SMILES string of the molecule is Cc1ccc(N2CCNC2=O)cc1NC(=O)c1cc(-c2ccco2)[nH]n1. The van der Waals surface area contributed by atoms with Crippen LogP contribution in [-0.2, 0) is 0 Å². The van der Waals surface area contributed by atoms with Crippen molar-refractivity contribution in [1.82, 2.24) is 15.5 Å². The van der Waals surface area contributed by atoms with Gasteiger partial charge in [-0.1, -0.05) is 6.07 Å². The number of furan rings is 1. The predicted octanol–water partition coefficient (Wildman–Crippen LogP) is 2.76. The molecule has 2 aromatic heterocycles. The fourth-order valence-electron chi connectivity index (χ4n) is 2.81. The summed E-state index contributed by atoms with van der Waals surface area (Å²) in [6, 6.07) is 10.6. The highest BCUT2D eigenvalue weighted by atomic mass is 16.3. The normalized spacial score (nSPS) is 13.7. The summed E-state index contributed by atoms with van der Waals surface area (Å²) in [7, 11) is 0. The number of aryl methyl sites for hydroxylation is 1. The Labute approximate surface area is 149 Å². The van der Waals surface area contributed by atoms with Crippen molar-refractivity contribution < 1.29 is 14.0 Å². The van der Waals surface area contributed by atoms with Gasteiger partial charge in [-0.2, -0.15) is 5.10 Å². The number of carbonyl (C=O) groups is 2. The van der Waals surface area contributed by atoms with Gasteiger partial charge in [-0.3, -0.25) is 14.8 Å². The minimum Gasteiger partial charge on any atom is -0.463 e. The van der Waals surface area contributed by atoms with E-state index in [-0.39, 0.29) is 17.6 Å². The van der Waals surface area contributed by atoms with Gasteiger partial charge in [0.1, 0.15) is 5.69 Å². The lowest BCUT2D eigenvalue weighted by molar-refractivity contribution is 0.102. The number of hydrogen-bond donors (Lipinski definition) is 3. The van der Waals surface area contributed by atoms with Crippen molar-refractivity contribution in [2.75, 3.05) is 23.3 Å². The van der Waals surface area contributed by atoms with E-state index in [0.717, 1.165) is 11.3 Å². The zero-order chi connectivity index (χ0) is 18.1. The first-order chi connectivity index (χ1) is 12.6. The number of aromatic nitrogens is 2. The van der Waals surface area contributed by atoms with E-state index in [1.165, 1.54) is 0 Å². The zero-order valence-corrected chi connectivity index (χ0v) is 14.1. The molecule has 26 heavy (non-hydrogen) atoms. The molecule has 1 saturated heterocycles. The first-order valence-corrected chi connectivity index (χ1v) is 8.18. The van der Waals surface area contributed by atoms with Crippen molar-refractivity contribution in [1.29, 1.82) is 0 Å². The Morgan fingerprint density at radius 1 is 1.31 bits per heavy atom. The molecule has 0 atom stereocenters. The number of urea groups is 1. The molecule has 0 radical (unpaired) electrons. The molecular formula is C18H17N5O3. The molecule has 0 unspecified atom stereocenters. The summed E-state index contributed by atoms with van der Waals surface area (Å²) in [5.41, 5.74) is 3.14. The molecule has 0 saturated carbocycles. The molecule has 1 fully saturated rings. The highest BCUT2D eigenvalue weighted by Crippen LogP contribution is 2.25. The van der Waals surface area contributed by atoms with Crippen LogP contribution in [0, 0.1) is 6.92 Å². The molecule has 0 aliphatic carbocycles. The molecule has 132 valence electrons. The van der Waals surface area contributed by atoms with Gasteiger partial charge in [0.2, 0.25) is 0 Å². The Morgan fingerprint density at radius 3 is 2.92 bits per heavy atom. The van der Waals surface area contributed by atoms with Gasteiger partial charge in [0, 0.05) is 30.5 Å². The summed E-state index contributed by atoms with van der Waals surface area (Å²) in [6.07, 6.45) is 1.55. The molecule has 1 aliphatic rings. The molecule has 1 aliphatic heterocycles. The van der Waals surface area contributed by atoms with E-state index in [9.17, 15) is 9.59 Å². The number of anilines is 2. The minimum absolute atomic E-state index is 0.137. The lowest BCUT2D eigenvalue weighted by atomic mass is 10.1. The van der Waals surface area contributed by atoms with E-state index in [1.807, 2.05) is 19.1 Å². The second-order valence-electron chi connectivity index (χ2n) is 5.98. The molecule has 3 aromatic rings. The largest absolute Gasteiger partial charge is 0.463 e. The number of benzene rings is 1. The average molecular weight is 351 g/mol. The predicted molar refractivity (Wildman–Crippen MR) is 96.2 cm³/mol. The second-order valence-corrected chi connectivity index (χ2v) is 5.98. The third-order valence-electron chi connectivity index (χ3n) is 4.23. The highest BCUT2D eigenvalue weighted by molar-refractivity contribution is 6.04. The van der Waals surface area contributed by atoms with Crippen LogP contribution in [0.3, 0.4) is 0 Å². The van der Waals surface area contributed by atoms with E-state index < -0.39 is 0 Å². The summed E-state index contributed by atoms with van der Waals surface area (Å²) in [6.45, 7) is 3.10. The summed E-state index contributed by atoms with van der Waals surface area (Å²) < 4.78 is 5.29. The first-order valence-electron chi connectivity index (χ1n) is 8.18. The van der Waals surface area contributed by atoms with Crippen molar-refractivity contribution in [3.05, 3.63) is 53.9 Å². The maximum Gasteiger partial charge on any atom is 0.321 e. The van der Waals surface area contributed by atoms with Gasteiger partial charge in [0.15, 0.2) is 11.5 Å². The van der Waals surface area contributed by atoms with Crippen LogP contribution in [0.15, 0.2) is 47.1 Å². The van der Waals surface area contributed by atoms with Gasteiger partial charge >= 0.3 is 6.03 Å². The zero-order valence-electron chi connectivity index (χ0n) is 14.1. The highest BCUT2D eigenvalue weighted by Gasteiger charge is 2.22. The maximum absolute atomic E-state index is 12.5. The van der Waals surface area contributed by atoms with Gasteiger partial charge in [-0.15, -0.1) is 0 Å². The Hall–Kier alpha value is -3.55. The van der Waals surface area contributed by atoms with Crippen LogP contribution in [-0.4, -0.2) is 35.2 Å². The Bertz CT molecular complexity index is 961. The lowest BCUT2D eigenvalue weighted by Crippen LogP contribution is -2.27. The summed E-state index contributed by atoms with van der Waals surface area (Å²) in [5, 5.41) is 12.4. The monoisotopic (exact) mass is 351 g/mol. The van der Waals surface area contributed by atoms with Gasteiger partial charge in [-0.25, -0.2) is 4.79 Å². The smallest absolute Gasteiger partial charge is 0.321 e. The Morgan fingerprint density at radius 2 is 2.19 bits per heavy atom.